The average Bonchev–Trinajstić information content (AvgIpc) is 3.00. The molecule has 0 aliphatic rings. The van der Waals surface area contributed by atoms with E-state index in [1.165, 1.54) is 30.9 Å². The molecule has 0 aliphatic heterocycles. The smallest absolute Gasteiger partial charge is 0.419 e. The van der Waals surface area contributed by atoms with Gasteiger partial charge in [-0.05, 0) is 36.8 Å². The molecule has 1 N–H and O–H groups in total. The molecule has 0 aliphatic carbocycles. The summed E-state index contributed by atoms with van der Waals surface area (Å²) in [6, 6.07) is 9.50. The van der Waals surface area contributed by atoms with E-state index in [-0.39, 0.29) is 17.0 Å². The van der Waals surface area contributed by atoms with Crippen molar-refractivity contribution in [1.82, 2.24) is 9.29 Å². The summed E-state index contributed by atoms with van der Waals surface area (Å²) in [5.41, 5.74) is 1.50. The van der Waals surface area contributed by atoms with Crippen LogP contribution in [0.1, 0.15) is 12.5 Å². The van der Waals surface area contributed by atoms with Crippen molar-refractivity contribution in [3.8, 4) is 11.5 Å². The number of hydrogen-bond acceptors (Lipinski definition) is 6. The summed E-state index contributed by atoms with van der Waals surface area (Å²) in [4.78, 5) is 11.8. The normalized spacial score (nSPS) is 11.7. The van der Waals surface area contributed by atoms with Crippen molar-refractivity contribution in [2.24, 2.45) is 0 Å². The van der Waals surface area contributed by atoms with E-state index in [2.05, 4.69) is 4.72 Å². The second kappa shape index (κ2) is 7.45. The predicted molar refractivity (Wildman–Crippen MR) is 99.7 cm³/mol. The van der Waals surface area contributed by atoms with E-state index < -0.39 is 15.8 Å². The second-order valence-corrected chi connectivity index (χ2v) is 7.52. The molecule has 1 heterocycles. The molecule has 0 saturated carbocycles. The summed E-state index contributed by atoms with van der Waals surface area (Å²) in [5.74, 6) is 0.559. The number of fused-ring (bicyclic) bond motifs is 1. The van der Waals surface area contributed by atoms with Crippen molar-refractivity contribution in [1.29, 1.82) is 0 Å². The number of aryl methyl sites for hydroxylation is 1. The van der Waals surface area contributed by atoms with E-state index in [4.69, 9.17) is 13.9 Å². The highest BCUT2D eigenvalue weighted by Crippen LogP contribution is 2.27. The Labute approximate surface area is 156 Å². The lowest BCUT2D eigenvalue weighted by Gasteiger charge is -2.11. The first-order valence-corrected chi connectivity index (χ1v) is 9.72. The molecule has 0 bridgehead atoms. The Morgan fingerprint density at radius 3 is 2.48 bits per heavy atom. The number of ether oxygens (including phenoxy) is 2. The third-order valence-corrected chi connectivity index (χ3v) is 5.58. The van der Waals surface area contributed by atoms with E-state index >= 15 is 0 Å². The number of hydrogen-bond donors (Lipinski definition) is 1. The Morgan fingerprint density at radius 1 is 1.07 bits per heavy atom. The van der Waals surface area contributed by atoms with Crippen molar-refractivity contribution in [3.63, 3.8) is 0 Å². The highest BCUT2D eigenvalue weighted by molar-refractivity contribution is 7.89. The third kappa shape index (κ3) is 3.69. The van der Waals surface area contributed by atoms with Gasteiger partial charge in [0.05, 0.1) is 24.6 Å². The van der Waals surface area contributed by atoms with E-state index in [9.17, 15) is 13.2 Å². The second-order valence-electron chi connectivity index (χ2n) is 5.76. The van der Waals surface area contributed by atoms with Gasteiger partial charge in [-0.3, -0.25) is 4.57 Å². The molecular weight excluding hydrogens is 372 g/mol. The van der Waals surface area contributed by atoms with E-state index in [0.717, 1.165) is 0 Å². The van der Waals surface area contributed by atoms with Crippen LogP contribution in [0.3, 0.4) is 0 Å². The van der Waals surface area contributed by atoms with Crippen molar-refractivity contribution in [2.75, 3.05) is 14.2 Å². The third-order valence-electron chi connectivity index (χ3n) is 4.18. The zero-order chi connectivity index (χ0) is 19.6. The van der Waals surface area contributed by atoms with Crippen molar-refractivity contribution >= 4 is 21.1 Å². The van der Waals surface area contributed by atoms with Gasteiger partial charge in [-0.2, -0.15) is 0 Å². The number of nitrogens with one attached hydrogen (secondary N) is 1. The minimum Gasteiger partial charge on any atom is -0.493 e. The summed E-state index contributed by atoms with van der Waals surface area (Å²) < 4.78 is 44.7. The summed E-state index contributed by atoms with van der Waals surface area (Å²) in [7, 11) is -0.749. The Hall–Kier alpha value is -2.78. The first-order valence-electron chi connectivity index (χ1n) is 8.23. The molecule has 3 aromatic rings. The van der Waals surface area contributed by atoms with Gasteiger partial charge in [0.25, 0.3) is 0 Å². The van der Waals surface area contributed by atoms with Crippen LogP contribution in [0.5, 0.6) is 11.5 Å². The van der Waals surface area contributed by atoms with Crippen LogP contribution < -0.4 is 20.0 Å². The number of oxazole rings is 1. The Balaban J connectivity index is 1.85. The minimum absolute atomic E-state index is 0.0208. The molecule has 0 radical (unpaired) electrons. The number of rotatable bonds is 7. The van der Waals surface area contributed by atoms with Crippen LogP contribution in [0, 0.1) is 0 Å². The molecule has 144 valence electrons. The molecule has 3 rings (SSSR count). The first kappa shape index (κ1) is 19.0. The number of methoxy groups -OCH3 is 2. The predicted octanol–water partition coefficient (Wildman–Crippen LogP) is 2.11. The fraction of sp³-hybridized carbons (Fsp3) is 0.278. The standard InChI is InChI=1S/C18H20N2O6S/c1-4-20-14-7-6-13(10-16(14)26-18(20)21)27(22,23)19-11-12-5-8-15(24-2)17(9-12)25-3/h5-10,19H,4,11H2,1-3H3. The lowest BCUT2D eigenvalue weighted by molar-refractivity contribution is 0.354. The van der Waals surface area contributed by atoms with Gasteiger partial charge in [0.2, 0.25) is 10.0 Å². The van der Waals surface area contributed by atoms with Crippen LogP contribution in [0.15, 0.2) is 50.5 Å². The molecule has 0 saturated heterocycles. The van der Waals surface area contributed by atoms with E-state index in [1.54, 1.807) is 24.3 Å². The van der Waals surface area contributed by atoms with Crippen LogP contribution in [0.4, 0.5) is 0 Å². The molecule has 0 spiro atoms. The fourth-order valence-electron chi connectivity index (χ4n) is 2.77. The van der Waals surface area contributed by atoms with Gasteiger partial charge in [0.15, 0.2) is 17.1 Å². The van der Waals surface area contributed by atoms with Gasteiger partial charge in [-0.25, -0.2) is 17.9 Å². The van der Waals surface area contributed by atoms with Crippen LogP contribution in [-0.2, 0) is 23.1 Å². The van der Waals surface area contributed by atoms with Gasteiger partial charge in [-0.15, -0.1) is 0 Å². The van der Waals surface area contributed by atoms with E-state index in [0.29, 0.717) is 29.1 Å². The maximum atomic E-state index is 12.6. The summed E-state index contributed by atoms with van der Waals surface area (Å²) in [6.45, 7) is 2.32. The quantitative estimate of drug-likeness (QED) is 0.661. The monoisotopic (exact) mass is 392 g/mol. The van der Waals surface area contributed by atoms with Gasteiger partial charge in [0, 0.05) is 19.2 Å². The summed E-state index contributed by atoms with van der Waals surface area (Å²) in [5, 5.41) is 0. The maximum Gasteiger partial charge on any atom is 0.419 e. The molecule has 0 unspecified atom stereocenters. The molecule has 0 amide bonds. The topological polar surface area (TPSA) is 99.8 Å². The lowest BCUT2D eigenvalue weighted by atomic mass is 10.2. The largest absolute Gasteiger partial charge is 0.493 e. The van der Waals surface area contributed by atoms with Crippen LogP contribution in [0.25, 0.3) is 11.1 Å². The van der Waals surface area contributed by atoms with Crippen LogP contribution in [-0.4, -0.2) is 27.2 Å². The number of benzene rings is 2. The summed E-state index contributed by atoms with van der Waals surface area (Å²) >= 11 is 0. The van der Waals surface area contributed by atoms with Gasteiger partial charge in [-0.1, -0.05) is 6.07 Å². The Morgan fingerprint density at radius 2 is 1.81 bits per heavy atom. The summed E-state index contributed by atoms with van der Waals surface area (Å²) in [6.07, 6.45) is 0. The zero-order valence-corrected chi connectivity index (χ0v) is 16.0. The Kier molecular flexibility index (Phi) is 5.24. The highest BCUT2D eigenvalue weighted by Gasteiger charge is 2.17. The number of aromatic nitrogens is 1. The highest BCUT2D eigenvalue weighted by atomic mass is 32.2. The van der Waals surface area contributed by atoms with Gasteiger partial charge >= 0.3 is 5.76 Å². The molecule has 1 aromatic heterocycles. The van der Waals surface area contributed by atoms with Gasteiger partial charge < -0.3 is 13.9 Å². The fourth-order valence-corrected chi connectivity index (χ4v) is 3.80. The maximum absolute atomic E-state index is 12.6. The molecule has 9 heteroatoms. The van der Waals surface area contributed by atoms with Gasteiger partial charge in [0.1, 0.15) is 0 Å². The lowest BCUT2D eigenvalue weighted by Crippen LogP contribution is -2.23. The average molecular weight is 392 g/mol. The Bertz CT molecular complexity index is 1130. The van der Waals surface area contributed by atoms with Crippen molar-refractivity contribution in [3.05, 3.63) is 52.5 Å². The SMILES string of the molecule is CCn1c(=O)oc2cc(S(=O)(=O)NCc3ccc(OC)c(OC)c3)ccc21. The number of sulfonamides is 1. The van der Waals surface area contributed by atoms with Crippen molar-refractivity contribution in [2.45, 2.75) is 24.9 Å². The van der Waals surface area contributed by atoms with E-state index in [1.807, 2.05) is 6.92 Å². The first-order chi connectivity index (χ1) is 12.9. The molecule has 0 atom stereocenters. The molecule has 8 nitrogen and oxygen atoms in total. The minimum atomic E-state index is -3.79. The van der Waals surface area contributed by atoms with Crippen molar-refractivity contribution < 1.29 is 22.3 Å². The van der Waals surface area contributed by atoms with Crippen LogP contribution in [0.2, 0.25) is 0 Å². The molecular formula is C18H20N2O6S. The zero-order valence-electron chi connectivity index (χ0n) is 15.2. The molecule has 27 heavy (non-hydrogen) atoms. The molecule has 0 fully saturated rings. The number of nitrogens with zero attached hydrogens (tertiary/aromatic N) is 1. The van der Waals surface area contributed by atoms with Crippen LogP contribution >= 0.6 is 0 Å². The molecule has 2 aromatic carbocycles.